The summed E-state index contributed by atoms with van der Waals surface area (Å²) in [4.78, 5) is 29.3. The van der Waals surface area contributed by atoms with Crippen LogP contribution in [0.2, 0.25) is 0 Å². The van der Waals surface area contributed by atoms with Crippen molar-refractivity contribution in [3.8, 4) is 0 Å². The van der Waals surface area contributed by atoms with Crippen LogP contribution in [0.4, 0.5) is 0 Å². The molecule has 28 heavy (non-hydrogen) atoms. The van der Waals surface area contributed by atoms with E-state index >= 15 is 0 Å². The summed E-state index contributed by atoms with van der Waals surface area (Å²) in [7, 11) is 0. The molecule has 0 bridgehead atoms. The fourth-order valence-corrected chi connectivity index (χ4v) is 4.23. The van der Waals surface area contributed by atoms with Crippen LogP contribution in [0.3, 0.4) is 0 Å². The van der Waals surface area contributed by atoms with Crippen molar-refractivity contribution in [1.82, 2.24) is 14.8 Å². The molecule has 0 saturated carbocycles. The molecule has 1 aromatic carbocycles. The quantitative estimate of drug-likeness (QED) is 0.687. The number of benzene rings is 1. The van der Waals surface area contributed by atoms with Crippen molar-refractivity contribution in [3.05, 3.63) is 34.3 Å². The maximum absolute atomic E-state index is 12.8. The number of halogens is 1. The second-order valence-corrected chi connectivity index (χ2v) is 8.29. The maximum atomic E-state index is 12.8. The van der Waals surface area contributed by atoms with Crippen LogP contribution < -0.4 is 0 Å². The number of carbonyl (C=O) groups is 2. The lowest BCUT2D eigenvalue weighted by molar-refractivity contribution is -0.133. The minimum Gasteiger partial charge on any atom is -0.379 e. The largest absolute Gasteiger partial charge is 0.379 e. The monoisotopic (exact) mass is 448 g/mol. The Labute approximate surface area is 173 Å². The Morgan fingerprint density at radius 3 is 2.61 bits per heavy atom. The molecule has 0 spiro atoms. The van der Waals surface area contributed by atoms with E-state index in [0.29, 0.717) is 19.4 Å². The van der Waals surface area contributed by atoms with E-state index in [0.717, 1.165) is 61.6 Å². The molecular weight excluding hydrogens is 424 g/mol. The van der Waals surface area contributed by atoms with Crippen LogP contribution in [0, 0.1) is 0 Å². The normalized spacial score (nSPS) is 23.4. The summed E-state index contributed by atoms with van der Waals surface area (Å²) in [5, 5.41) is 6.22. The van der Waals surface area contributed by atoms with E-state index in [9.17, 15) is 9.59 Å². The third-order valence-electron chi connectivity index (χ3n) is 5.55. The standard InChI is InChI=1S/C20H25BrN4O3/c21-16-5-3-15(4-6-16)20-17(24-8-1-2-18(24)26)14-25(22-20)19(27)7-9-23-10-12-28-13-11-23/h3-6,17H,1-2,7-14H2. The van der Waals surface area contributed by atoms with Gasteiger partial charge in [0.1, 0.15) is 0 Å². The van der Waals surface area contributed by atoms with Gasteiger partial charge in [-0.25, -0.2) is 5.01 Å². The fraction of sp³-hybridized carbons (Fsp3) is 0.550. The molecule has 0 aromatic heterocycles. The summed E-state index contributed by atoms with van der Waals surface area (Å²) in [6, 6.07) is 7.73. The first-order chi connectivity index (χ1) is 13.6. The van der Waals surface area contributed by atoms with Gasteiger partial charge in [-0.2, -0.15) is 5.10 Å². The summed E-state index contributed by atoms with van der Waals surface area (Å²) in [5.41, 5.74) is 1.76. The van der Waals surface area contributed by atoms with Crippen LogP contribution in [-0.2, 0) is 14.3 Å². The molecular formula is C20H25BrN4O3. The molecule has 3 heterocycles. The molecule has 0 N–H and O–H groups in total. The minimum atomic E-state index is -0.163. The molecule has 2 amide bonds. The lowest BCUT2D eigenvalue weighted by atomic mass is 10.0. The number of morpholine rings is 1. The van der Waals surface area contributed by atoms with Crippen molar-refractivity contribution in [2.24, 2.45) is 5.10 Å². The Bertz CT molecular complexity index is 761. The Morgan fingerprint density at radius 2 is 1.93 bits per heavy atom. The Hall–Kier alpha value is -1.77. The number of hydrogen-bond donors (Lipinski definition) is 0. The molecule has 4 rings (SSSR count). The van der Waals surface area contributed by atoms with Crippen molar-refractivity contribution in [2.45, 2.75) is 25.3 Å². The van der Waals surface area contributed by atoms with Gasteiger partial charge in [0.05, 0.1) is 31.5 Å². The molecule has 8 heteroatoms. The van der Waals surface area contributed by atoms with Crippen molar-refractivity contribution in [1.29, 1.82) is 0 Å². The Morgan fingerprint density at radius 1 is 1.18 bits per heavy atom. The van der Waals surface area contributed by atoms with Gasteiger partial charge in [0.2, 0.25) is 11.8 Å². The topological polar surface area (TPSA) is 65.5 Å². The summed E-state index contributed by atoms with van der Waals surface area (Å²) in [6.45, 7) is 5.08. The Balaban J connectivity index is 1.49. The zero-order chi connectivity index (χ0) is 19.5. The van der Waals surface area contributed by atoms with Crippen LogP contribution in [-0.4, -0.2) is 84.3 Å². The highest BCUT2D eigenvalue weighted by molar-refractivity contribution is 9.10. The first-order valence-electron chi connectivity index (χ1n) is 9.86. The zero-order valence-electron chi connectivity index (χ0n) is 15.8. The highest BCUT2D eigenvalue weighted by atomic mass is 79.9. The first kappa shape index (κ1) is 19.5. The van der Waals surface area contributed by atoms with E-state index in [1.165, 1.54) is 0 Å². The van der Waals surface area contributed by atoms with E-state index in [-0.39, 0.29) is 17.9 Å². The molecule has 7 nitrogen and oxygen atoms in total. The highest BCUT2D eigenvalue weighted by Crippen LogP contribution is 2.25. The number of hydrazone groups is 1. The van der Waals surface area contributed by atoms with Gasteiger partial charge in [-0.3, -0.25) is 14.5 Å². The molecule has 2 saturated heterocycles. The number of hydrogen-bond acceptors (Lipinski definition) is 5. The predicted molar refractivity (Wildman–Crippen MR) is 109 cm³/mol. The lowest BCUT2D eigenvalue weighted by Gasteiger charge is -2.27. The van der Waals surface area contributed by atoms with Gasteiger partial charge in [0.25, 0.3) is 0 Å². The van der Waals surface area contributed by atoms with Crippen LogP contribution in [0.25, 0.3) is 0 Å². The molecule has 1 aromatic rings. The third kappa shape index (κ3) is 4.29. The minimum absolute atomic E-state index is 0.00949. The van der Waals surface area contributed by atoms with E-state index in [2.05, 4.69) is 25.9 Å². The number of rotatable bonds is 5. The van der Waals surface area contributed by atoms with E-state index in [1.54, 1.807) is 5.01 Å². The molecule has 3 aliphatic rings. The third-order valence-corrected chi connectivity index (χ3v) is 6.08. The van der Waals surface area contributed by atoms with Gasteiger partial charge < -0.3 is 9.64 Å². The summed E-state index contributed by atoms with van der Waals surface area (Å²) in [6.07, 6.45) is 1.88. The molecule has 0 radical (unpaired) electrons. The number of nitrogens with zero attached hydrogens (tertiary/aromatic N) is 4. The van der Waals surface area contributed by atoms with E-state index in [4.69, 9.17) is 4.74 Å². The summed E-state index contributed by atoms with van der Waals surface area (Å²) in [5.74, 6) is 0.160. The van der Waals surface area contributed by atoms with Crippen molar-refractivity contribution in [2.75, 3.05) is 45.9 Å². The van der Waals surface area contributed by atoms with E-state index in [1.807, 2.05) is 29.2 Å². The Kier molecular flexibility index (Phi) is 6.08. The van der Waals surface area contributed by atoms with Gasteiger partial charge in [-0.05, 0) is 18.6 Å². The molecule has 150 valence electrons. The van der Waals surface area contributed by atoms with Crippen molar-refractivity contribution >= 4 is 33.5 Å². The number of likely N-dealkylation sites (tertiary alicyclic amines) is 1. The molecule has 1 atom stereocenters. The predicted octanol–water partition coefficient (Wildman–Crippen LogP) is 1.71. The fourth-order valence-electron chi connectivity index (χ4n) is 3.97. The zero-order valence-corrected chi connectivity index (χ0v) is 17.4. The summed E-state index contributed by atoms with van der Waals surface area (Å²) < 4.78 is 6.35. The number of ether oxygens (including phenoxy) is 1. The van der Waals surface area contributed by atoms with Gasteiger partial charge in [0, 0.05) is 49.1 Å². The van der Waals surface area contributed by atoms with Crippen LogP contribution >= 0.6 is 15.9 Å². The maximum Gasteiger partial charge on any atom is 0.244 e. The van der Waals surface area contributed by atoms with Gasteiger partial charge >= 0.3 is 0 Å². The van der Waals surface area contributed by atoms with Crippen molar-refractivity contribution < 1.29 is 14.3 Å². The molecule has 0 aliphatic carbocycles. The number of carbonyl (C=O) groups excluding carboxylic acids is 2. The second-order valence-electron chi connectivity index (χ2n) is 7.38. The number of amides is 2. The van der Waals surface area contributed by atoms with E-state index < -0.39 is 0 Å². The van der Waals surface area contributed by atoms with Crippen LogP contribution in [0.15, 0.2) is 33.8 Å². The average Bonchev–Trinajstić information content (AvgIpc) is 3.33. The van der Waals surface area contributed by atoms with Crippen molar-refractivity contribution in [3.63, 3.8) is 0 Å². The first-order valence-corrected chi connectivity index (χ1v) is 10.7. The lowest BCUT2D eigenvalue weighted by Crippen LogP contribution is -2.45. The molecule has 1 unspecified atom stereocenters. The van der Waals surface area contributed by atoms with Gasteiger partial charge in [-0.1, -0.05) is 28.1 Å². The van der Waals surface area contributed by atoms with Crippen LogP contribution in [0.5, 0.6) is 0 Å². The molecule has 2 fully saturated rings. The van der Waals surface area contributed by atoms with Gasteiger partial charge in [0.15, 0.2) is 0 Å². The summed E-state index contributed by atoms with van der Waals surface area (Å²) >= 11 is 3.46. The smallest absolute Gasteiger partial charge is 0.244 e. The van der Waals surface area contributed by atoms with Crippen LogP contribution in [0.1, 0.15) is 24.8 Å². The average molecular weight is 449 g/mol. The molecule has 3 aliphatic heterocycles. The SMILES string of the molecule is O=C(CCN1CCOCC1)N1CC(N2CCCC2=O)C(c2ccc(Br)cc2)=N1. The van der Waals surface area contributed by atoms with Gasteiger partial charge in [-0.15, -0.1) is 0 Å². The second kappa shape index (κ2) is 8.71. The highest BCUT2D eigenvalue weighted by Gasteiger charge is 2.38.